The van der Waals surface area contributed by atoms with Crippen LogP contribution in [0, 0.1) is 22.5 Å². The average Bonchev–Trinajstić information content (AvgIpc) is 2.28. The van der Waals surface area contributed by atoms with Gasteiger partial charge in [0, 0.05) is 34.6 Å². The van der Waals surface area contributed by atoms with E-state index in [9.17, 15) is 14.9 Å². The molecule has 0 saturated carbocycles. The molecule has 6 heteroatoms. The minimum Gasteiger partial charge on any atom is -0.349 e. The molecule has 0 heterocycles. The molecule has 0 aromatic heterocycles. The zero-order valence-electron chi connectivity index (χ0n) is 9.64. The van der Waals surface area contributed by atoms with Crippen molar-refractivity contribution in [3.63, 3.8) is 0 Å². The second kappa shape index (κ2) is 6.17. The zero-order valence-corrected chi connectivity index (χ0v) is 11.2. The van der Waals surface area contributed by atoms with E-state index in [0.29, 0.717) is 10.9 Å². The molecule has 0 radical (unpaired) electrons. The Morgan fingerprint density at radius 1 is 1.61 bits per heavy atom. The van der Waals surface area contributed by atoms with E-state index in [1.54, 1.807) is 6.92 Å². The zero-order chi connectivity index (χ0) is 13.7. The van der Waals surface area contributed by atoms with Gasteiger partial charge in [-0.15, -0.1) is 12.3 Å². The van der Waals surface area contributed by atoms with Crippen molar-refractivity contribution >= 4 is 27.5 Å². The van der Waals surface area contributed by atoms with Crippen LogP contribution in [0.4, 0.5) is 5.69 Å². The van der Waals surface area contributed by atoms with Crippen LogP contribution < -0.4 is 5.32 Å². The van der Waals surface area contributed by atoms with Crippen molar-refractivity contribution in [3.05, 3.63) is 38.3 Å². The van der Waals surface area contributed by atoms with Gasteiger partial charge >= 0.3 is 0 Å². The molecule has 18 heavy (non-hydrogen) atoms. The summed E-state index contributed by atoms with van der Waals surface area (Å²) < 4.78 is 0.478. The number of carbonyl (C=O) groups excluding carboxylic acids is 1. The fourth-order valence-electron chi connectivity index (χ4n) is 1.35. The first-order valence-corrected chi connectivity index (χ1v) is 5.92. The predicted molar refractivity (Wildman–Crippen MR) is 71.2 cm³/mol. The Labute approximate surface area is 113 Å². The van der Waals surface area contributed by atoms with Gasteiger partial charge in [-0.3, -0.25) is 14.9 Å². The highest BCUT2D eigenvalue weighted by Crippen LogP contribution is 2.21. The summed E-state index contributed by atoms with van der Waals surface area (Å²) in [5.41, 5.74) is 0.0825. The number of rotatable bonds is 4. The first kappa shape index (κ1) is 14.2. The fourth-order valence-corrected chi connectivity index (χ4v) is 1.83. The van der Waals surface area contributed by atoms with Crippen LogP contribution in [-0.2, 0) is 0 Å². The Morgan fingerprint density at radius 2 is 2.28 bits per heavy atom. The van der Waals surface area contributed by atoms with E-state index in [0.717, 1.165) is 0 Å². The molecule has 1 aromatic carbocycles. The predicted octanol–water partition coefficient (Wildman–Crippen LogP) is 2.50. The van der Waals surface area contributed by atoms with Gasteiger partial charge in [0.05, 0.1) is 4.92 Å². The van der Waals surface area contributed by atoms with E-state index in [2.05, 4.69) is 27.2 Å². The number of amides is 1. The van der Waals surface area contributed by atoms with E-state index < -0.39 is 4.92 Å². The second-order valence-corrected chi connectivity index (χ2v) is 4.65. The maximum absolute atomic E-state index is 11.8. The van der Waals surface area contributed by atoms with Gasteiger partial charge in [-0.25, -0.2) is 0 Å². The number of nitro groups is 1. The number of nitrogens with zero attached hydrogens (tertiary/aromatic N) is 1. The molecular formula is C12H11BrN2O3. The number of hydrogen-bond acceptors (Lipinski definition) is 3. The first-order chi connectivity index (χ1) is 8.43. The number of carbonyl (C=O) groups is 1. The Morgan fingerprint density at radius 3 is 2.83 bits per heavy atom. The van der Waals surface area contributed by atoms with Gasteiger partial charge in [-0.05, 0) is 13.0 Å². The lowest BCUT2D eigenvalue weighted by atomic mass is 10.1. The van der Waals surface area contributed by atoms with Crippen molar-refractivity contribution in [1.82, 2.24) is 5.32 Å². The molecule has 0 aliphatic heterocycles. The first-order valence-electron chi connectivity index (χ1n) is 5.13. The third-order valence-corrected chi connectivity index (χ3v) is 2.61. The molecule has 1 rings (SSSR count). The highest BCUT2D eigenvalue weighted by Gasteiger charge is 2.15. The normalized spacial score (nSPS) is 11.4. The number of nitrogens with one attached hydrogen (secondary N) is 1. The lowest BCUT2D eigenvalue weighted by molar-refractivity contribution is -0.385. The van der Waals surface area contributed by atoms with Crippen LogP contribution in [0.2, 0.25) is 0 Å². The minimum atomic E-state index is -0.549. The topological polar surface area (TPSA) is 72.2 Å². The number of benzene rings is 1. The smallest absolute Gasteiger partial charge is 0.271 e. The average molecular weight is 311 g/mol. The molecule has 0 aliphatic carbocycles. The summed E-state index contributed by atoms with van der Waals surface area (Å²) in [6.07, 6.45) is 5.54. The van der Waals surface area contributed by atoms with Crippen LogP contribution in [0.15, 0.2) is 22.7 Å². The molecule has 1 unspecified atom stereocenters. The summed E-state index contributed by atoms with van der Waals surface area (Å²) >= 11 is 3.13. The molecule has 0 aliphatic rings. The molecule has 0 fully saturated rings. The summed E-state index contributed by atoms with van der Waals surface area (Å²) in [5, 5.41) is 13.3. The molecular weight excluding hydrogens is 300 g/mol. The van der Waals surface area contributed by atoms with Crippen LogP contribution in [0.25, 0.3) is 0 Å². The molecule has 1 N–H and O–H groups in total. The van der Waals surface area contributed by atoms with E-state index in [-0.39, 0.29) is 23.2 Å². The van der Waals surface area contributed by atoms with Crippen LogP contribution in [-0.4, -0.2) is 16.9 Å². The van der Waals surface area contributed by atoms with E-state index >= 15 is 0 Å². The van der Waals surface area contributed by atoms with Crippen LogP contribution in [0.5, 0.6) is 0 Å². The van der Waals surface area contributed by atoms with Crippen molar-refractivity contribution < 1.29 is 9.72 Å². The number of non-ortho nitro benzene ring substituents is 1. The van der Waals surface area contributed by atoms with Gasteiger partial charge < -0.3 is 5.32 Å². The van der Waals surface area contributed by atoms with Gasteiger partial charge in [0.25, 0.3) is 11.6 Å². The van der Waals surface area contributed by atoms with E-state index in [1.807, 2.05) is 0 Å². The SMILES string of the molecule is C#CCC(C)NC(=O)c1cc(Br)cc([N+](=O)[O-])c1. The largest absolute Gasteiger partial charge is 0.349 e. The maximum atomic E-state index is 11.8. The van der Waals surface area contributed by atoms with Crippen LogP contribution in [0.1, 0.15) is 23.7 Å². The summed E-state index contributed by atoms with van der Waals surface area (Å²) in [6, 6.07) is 3.90. The number of halogens is 1. The van der Waals surface area contributed by atoms with Crippen molar-refractivity contribution in [3.8, 4) is 12.3 Å². The molecule has 0 bridgehead atoms. The van der Waals surface area contributed by atoms with Gasteiger partial charge in [-0.1, -0.05) is 15.9 Å². The van der Waals surface area contributed by atoms with Gasteiger partial charge in [-0.2, -0.15) is 0 Å². The number of nitro benzene ring substituents is 1. The van der Waals surface area contributed by atoms with Crippen LogP contribution in [0.3, 0.4) is 0 Å². The lowest BCUT2D eigenvalue weighted by Crippen LogP contribution is -2.32. The minimum absolute atomic E-state index is 0.140. The molecule has 0 spiro atoms. The second-order valence-electron chi connectivity index (χ2n) is 3.74. The molecule has 0 saturated heterocycles. The van der Waals surface area contributed by atoms with Crippen molar-refractivity contribution in [2.24, 2.45) is 0 Å². The van der Waals surface area contributed by atoms with Crippen molar-refractivity contribution in [2.75, 3.05) is 0 Å². The Bertz CT molecular complexity index is 523. The third-order valence-electron chi connectivity index (χ3n) is 2.16. The Hall–Kier alpha value is -1.87. The third kappa shape index (κ3) is 3.86. The fraction of sp³-hybridized carbons (Fsp3) is 0.250. The van der Waals surface area contributed by atoms with Crippen molar-refractivity contribution in [2.45, 2.75) is 19.4 Å². The van der Waals surface area contributed by atoms with Crippen LogP contribution >= 0.6 is 15.9 Å². The highest BCUT2D eigenvalue weighted by molar-refractivity contribution is 9.10. The van der Waals surface area contributed by atoms with Gasteiger partial charge in [0.15, 0.2) is 0 Å². The number of terminal acetylenes is 1. The molecule has 94 valence electrons. The molecule has 1 atom stereocenters. The summed E-state index contributed by atoms with van der Waals surface area (Å²) in [6.45, 7) is 1.77. The molecule has 1 aromatic rings. The van der Waals surface area contributed by atoms with E-state index in [1.165, 1.54) is 18.2 Å². The molecule has 1 amide bonds. The Kier molecular flexibility index (Phi) is 4.86. The van der Waals surface area contributed by atoms with Gasteiger partial charge in [0.2, 0.25) is 0 Å². The summed E-state index contributed by atoms with van der Waals surface area (Å²) in [7, 11) is 0. The quantitative estimate of drug-likeness (QED) is 0.527. The summed E-state index contributed by atoms with van der Waals surface area (Å²) in [5.74, 6) is 2.05. The van der Waals surface area contributed by atoms with E-state index in [4.69, 9.17) is 6.42 Å². The summed E-state index contributed by atoms with van der Waals surface area (Å²) in [4.78, 5) is 22.0. The number of hydrogen-bond donors (Lipinski definition) is 1. The van der Waals surface area contributed by atoms with Crippen molar-refractivity contribution in [1.29, 1.82) is 0 Å². The van der Waals surface area contributed by atoms with Gasteiger partial charge in [0.1, 0.15) is 0 Å². The molecule has 5 nitrogen and oxygen atoms in total. The highest BCUT2D eigenvalue weighted by atomic mass is 79.9. The lowest BCUT2D eigenvalue weighted by Gasteiger charge is -2.10. The Balaban J connectivity index is 2.93. The monoisotopic (exact) mass is 310 g/mol. The maximum Gasteiger partial charge on any atom is 0.271 e. The standard InChI is InChI=1S/C12H11BrN2O3/c1-3-4-8(2)14-12(16)9-5-10(13)7-11(6-9)15(17)18/h1,5-8H,4H2,2H3,(H,14,16).